The Bertz CT molecular complexity index is 1210. The average Bonchev–Trinajstić information content (AvgIpc) is 3.50. The smallest absolute Gasteiger partial charge is 0.286 e. The van der Waals surface area contributed by atoms with E-state index < -0.39 is 0 Å². The Labute approximate surface area is 208 Å². The summed E-state index contributed by atoms with van der Waals surface area (Å²) in [5.74, 6) is 1.39. The van der Waals surface area contributed by atoms with Crippen molar-refractivity contribution in [2.45, 2.75) is 38.8 Å². The first-order valence-corrected chi connectivity index (χ1v) is 12.0. The minimum absolute atomic E-state index is 0.0989. The van der Waals surface area contributed by atoms with Gasteiger partial charge in [0.2, 0.25) is 0 Å². The van der Waals surface area contributed by atoms with Crippen LogP contribution in [0.1, 0.15) is 47.7 Å². The fraction of sp³-hybridized carbons (Fsp3) is 0.259. The molecule has 1 N–H and O–H groups in total. The summed E-state index contributed by atoms with van der Waals surface area (Å²) in [6, 6.07) is 22.0. The molecule has 2 aromatic carbocycles. The lowest BCUT2D eigenvalue weighted by molar-refractivity contribution is 0.0921. The lowest BCUT2D eigenvalue weighted by atomic mass is 9.78. The number of ether oxygens (including phenoxy) is 1. The number of aromatic nitrogens is 2. The third-order valence-electron chi connectivity index (χ3n) is 5.79. The second-order valence-electron chi connectivity index (χ2n) is 8.60. The molecule has 0 unspecified atom stereocenters. The van der Waals surface area contributed by atoms with Crippen molar-refractivity contribution in [3.63, 3.8) is 0 Å². The summed E-state index contributed by atoms with van der Waals surface area (Å²) in [5, 5.41) is 7.07. The molecule has 0 bridgehead atoms. The molecule has 0 saturated carbocycles. The summed E-state index contributed by atoms with van der Waals surface area (Å²) in [6.07, 6.45) is 4.41. The summed E-state index contributed by atoms with van der Waals surface area (Å²) in [5.41, 5.74) is 2.38. The molecule has 2 heterocycles. The van der Waals surface area contributed by atoms with E-state index in [1.165, 1.54) is 11.1 Å². The SMILES string of the molecule is CC(C)(c1ccccc1)c1ccc(OCc2ccc(C(=O)NCCCn3cc(Br)cn3)o2)cc1. The summed E-state index contributed by atoms with van der Waals surface area (Å²) in [6.45, 7) is 5.94. The van der Waals surface area contributed by atoms with E-state index in [4.69, 9.17) is 9.15 Å². The molecule has 0 saturated heterocycles. The van der Waals surface area contributed by atoms with Gasteiger partial charge in [0, 0.05) is 24.7 Å². The van der Waals surface area contributed by atoms with Crippen molar-refractivity contribution in [1.82, 2.24) is 15.1 Å². The number of nitrogens with zero attached hydrogens (tertiary/aromatic N) is 2. The summed E-state index contributed by atoms with van der Waals surface area (Å²) >= 11 is 3.37. The molecule has 0 aliphatic rings. The molecule has 0 atom stereocenters. The zero-order valence-corrected chi connectivity index (χ0v) is 20.9. The maximum absolute atomic E-state index is 12.3. The number of hydrogen-bond acceptors (Lipinski definition) is 4. The topological polar surface area (TPSA) is 69.3 Å². The second kappa shape index (κ2) is 10.7. The van der Waals surface area contributed by atoms with E-state index in [1.807, 2.05) is 29.1 Å². The van der Waals surface area contributed by atoms with Gasteiger partial charge in [0.25, 0.3) is 5.91 Å². The van der Waals surface area contributed by atoms with Gasteiger partial charge in [-0.3, -0.25) is 9.48 Å². The predicted molar refractivity (Wildman–Crippen MR) is 135 cm³/mol. The van der Waals surface area contributed by atoms with E-state index in [0.717, 1.165) is 23.2 Å². The van der Waals surface area contributed by atoms with Crippen LogP contribution in [0, 0.1) is 0 Å². The summed E-state index contributed by atoms with van der Waals surface area (Å²) < 4.78 is 14.3. The number of carbonyl (C=O) groups excluding carboxylic acids is 1. The van der Waals surface area contributed by atoms with E-state index in [2.05, 4.69) is 76.6 Å². The lowest BCUT2D eigenvalue weighted by Crippen LogP contribution is -2.24. The highest BCUT2D eigenvalue weighted by molar-refractivity contribution is 9.10. The van der Waals surface area contributed by atoms with Gasteiger partial charge < -0.3 is 14.5 Å². The minimum Gasteiger partial charge on any atom is -0.486 e. The van der Waals surface area contributed by atoms with Gasteiger partial charge in [-0.05, 0) is 57.7 Å². The molecular weight excluding hydrogens is 494 g/mol. The van der Waals surface area contributed by atoms with Crippen molar-refractivity contribution >= 4 is 21.8 Å². The molecular formula is C27H28BrN3O3. The highest BCUT2D eigenvalue weighted by atomic mass is 79.9. The Morgan fingerprint density at radius 3 is 2.50 bits per heavy atom. The molecule has 7 heteroatoms. The van der Waals surface area contributed by atoms with Crippen LogP contribution < -0.4 is 10.1 Å². The van der Waals surface area contributed by atoms with Gasteiger partial charge in [-0.25, -0.2) is 0 Å². The van der Waals surface area contributed by atoms with E-state index in [9.17, 15) is 4.79 Å². The maximum Gasteiger partial charge on any atom is 0.286 e. The molecule has 1 amide bonds. The van der Waals surface area contributed by atoms with Crippen LogP contribution in [0.4, 0.5) is 0 Å². The number of carbonyl (C=O) groups is 1. The highest BCUT2D eigenvalue weighted by Gasteiger charge is 2.22. The number of halogens is 1. The van der Waals surface area contributed by atoms with Gasteiger partial charge in [-0.15, -0.1) is 0 Å². The van der Waals surface area contributed by atoms with Crippen LogP contribution in [-0.4, -0.2) is 22.2 Å². The molecule has 0 spiro atoms. The normalized spacial score (nSPS) is 11.4. The third kappa shape index (κ3) is 5.97. The summed E-state index contributed by atoms with van der Waals surface area (Å²) in [7, 11) is 0. The van der Waals surface area contributed by atoms with Crippen LogP contribution in [0.2, 0.25) is 0 Å². The van der Waals surface area contributed by atoms with Gasteiger partial charge in [0.1, 0.15) is 18.1 Å². The van der Waals surface area contributed by atoms with Crippen LogP contribution >= 0.6 is 15.9 Å². The maximum atomic E-state index is 12.3. The molecule has 0 aliphatic carbocycles. The fourth-order valence-corrected chi connectivity index (χ4v) is 4.04. The molecule has 0 fully saturated rings. The molecule has 6 nitrogen and oxygen atoms in total. The van der Waals surface area contributed by atoms with E-state index >= 15 is 0 Å². The molecule has 4 aromatic rings. The molecule has 2 aromatic heterocycles. The average molecular weight is 522 g/mol. The molecule has 34 heavy (non-hydrogen) atoms. The first-order valence-electron chi connectivity index (χ1n) is 11.3. The van der Waals surface area contributed by atoms with Gasteiger partial charge in [0.05, 0.1) is 10.7 Å². The largest absolute Gasteiger partial charge is 0.486 e. The van der Waals surface area contributed by atoms with E-state index in [1.54, 1.807) is 18.3 Å². The second-order valence-corrected chi connectivity index (χ2v) is 9.52. The van der Waals surface area contributed by atoms with Crippen molar-refractivity contribution in [3.8, 4) is 5.75 Å². The van der Waals surface area contributed by atoms with Crippen LogP contribution in [0.3, 0.4) is 0 Å². The number of amides is 1. The monoisotopic (exact) mass is 521 g/mol. The van der Waals surface area contributed by atoms with E-state index in [-0.39, 0.29) is 23.7 Å². The number of hydrogen-bond donors (Lipinski definition) is 1. The molecule has 0 radical (unpaired) electrons. The Morgan fingerprint density at radius 1 is 1.06 bits per heavy atom. The van der Waals surface area contributed by atoms with Crippen LogP contribution in [-0.2, 0) is 18.6 Å². The number of furan rings is 1. The predicted octanol–water partition coefficient (Wildman–Crippen LogP) is 5.96. The standard InChI is InChI=1S/C27H28BrN3O3/c1-27(2,20-7-4-3-5-8-20)21-9-11-23(12-10-21)33-19-24-13-14-25(34-24)26(32)29-15-6-16-31-18-22(28)17-30-31/h3-5,7-14,17-18H,6,15-16,19H2,1-2H3,(H,29,32). The first-order chi connectivity index (χ1) is 16.4. The number of nitrogens with one attached hydrogen (secondary N) is 1. The Morgan fingerprint density at radius 2 is 1.79 bits per heavy atom. The van der Waals surface area contributed by atoms with Crippen LogP contribution in [0.5, 0.6) is 5.75 Å². The lowest BCUT2D eigenvalue weighted by Gasteiger charge is -2.26. The van der Waals surface area contributed by atoms with Crippen LogP contribution in [0.15, 0.2) is 88.0 Å². The van der Waals surface area contributed by atoms with Gasteiger partial charge in [-0.2, -0.15) is 5.10 Å². The van der Waals surface area contributed by atoms with Crippen molar-refractivity contribution < 1.29 is 13.9 Å². The van der Waals surface area contributed by atoms with Crippen molar-refractivity contribution in [2.75, 3.05) is 6.54 Å². The minimum atomic E-state index is -0.236. The Hall–Kier alpha value is -3.32. The zero-order chi connectivity index (χ0) is 24.0. The van der Waals surface area contributed by atoms with Crippen molar-refractivity contribution in [3.05, 3.63) is 106 Å². The molecule has 176 valence electrons. The summed E-state index contributed by atoms with van der Waals surface area (Å²) in [4.78, 5) is 12.3. The number of rotatable bonds is 10. The van der Waals surface area contributed by atoms with Gasteiger partial charge in [-0.1, -0.05) is 56.3 Å². The van der Waals surface area contributed by atoms with Crippen LogP contribution in [0.25, 0.3) is 0 Å². The number of benzene rings is 2. The first kappa shape index (κ1) is 23.8. The fourth-order valence-electron chi connectivity index (χ4n) is 3.71. The van der Waals surface area contributed by atoms with Crippen molar-refractivity contribution in [2.24, 2.45) is 0 Å². The molecule has 0 aliphatic heterocycles. The Balaban J connectivity index is 1.25. The van der Waals surface area contributed by atoms with E-state index in [0.29, 0.717) is 12.3 Å². The Kier molecular flexibility index (Phi) is 7.53. The highest BCUT2D eigenvalue weighted by Crippen LogP contribution is 2.32. The third-order valence-corrected chi connectivity index (χ3v) is 6.20. The zero-order valence-electron chi connectivity index (χ0n) is 19.3. The van der Waals surface area contributed by atoms with Gasteiger partial charge >= 0.3 is 0 Å². The molecule has 4 rings (SSSR count). The van der Waals surface area contributed by atoms with Gasteiger partial charge in [0.15, 0.2) is 5.76 Å². The quantitative estimate of drug-likeness (QED) is 0.261. The number of aryl methyl sites for hydroxylation is 1. The van der Waals surface area contributed by atoms with Crippen molar-refractivity contribution in [1.29, 1.82) is 0 Å².